The molecule has 0 radical (unpaired) electrons. The summed E-state index contributed by atoms with van der Waals surface area (Å²) in [5.41, 5.74) is 0.903. The number of ether oxygens (including phenoxy) is 1. The van der Waals surface area contributed by atoms with E-state index in [-0.39, 0.29) is 23.7 Å². The van der Waals surface area contributed by atoms with E-state index in [1.54, 1.807) is 6.20 Å². The van der Waals surface area contributed by atoms with Gasteiger partial charge < -0.3 is 15.4 Å². The van der Waals surface area contributed by atoms with E-state index in [0.717, 1.165) is 38.0 Å². The third kappa shape index (κ3) is 3.58. The van der Waals surface area contributed by atoms with Crippen LogP contribution in [0.1, 0.15) is 57.2 Å². The fraction of sp³-hybridized carbons (Fsp3) is 0.647. The van der Waals surface area contributed by atoms with Crippen LogP contribution in [0.25, 0.3) is 0 Å². The van der Waals surface area contributed by atoms with Crippen LogP contribution >= 0.6 is 0 Å². The topological polar surface area (TPSA) is 63.2 Å². The highest BCUT2D eigenvalue weighted by atomic mass is 16.5. The minimum atomic E-state index is -0.113. The van der Waals surface area contributed by atoms with E-state index in [1.807, 2.05) is 25.1 Å². The normalized spacial score (nSPS) is 24.9. The maximum atomic E-state index is 12.2. The standard InChI is InChI=1S/C17H25N3O2/c1-13(15-6-2-5-10-18-15)19-16(21)20-14-7-11-22-17(12-14)8-3-4-9-17/h2,5-6,10,13-14H,3-4,7-9,11-12H2,1H3,(H2,19,20,21)/t13-,14+/m0/s1. The second-order valence-corrected chi connectivity index (χ2v) is 6.52. The van der Waals surface area contributed by atoms with Gasteiger partial charge in [0.15, 0.2) is 0 Å². The Morgan fingerprint density at radius 1 is 1.41 bits per heavy atom. The van der Waals surface area contributed by atoms with E-state index in [4.69, 9.17) is 4.74 Å². The first-order chi connectivity index (χ1) is 10.7. The number of carbonyl (C=O) groups is 1. The molecule has 2 atom stereocenters. The summed E-state index contributed by atoms with van der Waals surface area (Å²) >= 11 is 0. The van der Waals surface area contributed by atoms with E-state index in [0.29, 0.717) is 0 Å². The molecule has 5 nitrogen and oxygen atoms in total. The van der Waals surface area contributed by atoms with Gasteiger partial charge in [0.2, 0.25) is 0 Å². The number of amides is 2. The summed E-state index contributed by atoms with van der Waals surface area (Å²) in [5, 5.41) is 6.08. The third-order valence-corrected chi connectivity index (χ3v) is 4.82. The van der Waals surface area contributed by atoms with Gasteiger partial charge in [-0.25, -0.2) is 4.79 Å². The lowest BCUT2D eigenvalue weighted by molar-refractivity contribution is -0.0820. The molecule has 0 aromatic carbocycles. The van der Waals surface area contributed by atoms with Crippen molar-refractivity contribution >= 4 is 6.03 Å². The average Bonchev–Trinajstić information content (AvgIpc) is 2.95. The number of nitrogens with one attached hydrogen (secondary N) is 2. The van der Waals surface area contributed by atoms with Crippen LogP contribution in [0.5, 0.6) is 0 Å². The Balaban J connectivity index is 1.51. The highest BCUT2D eigenvalue weighted by Gasteiger charge is 2.40. The number of urea groups is 1. The summed E-state index contributed by atoms with van der Waals surface area (Å²) in [4.78, 5) is 16.5. The largest absolute Gasteiger partial charge is 0.375 e. The molecule has 1 saturated heterocycles. The Morgan fingerprint density at radius 3 is 2.95 bits per heavy atom. The summed E-state index contributed by atoms with van der Waals surface area (Å²) in [6.07, 6.45) is 8.35. The number of aromatic nitrogens is 1. The zero-order valence-electron chi connectivity index (χ0n) is 13.2. The van der Waals surface area contributed by atoms with E-state index >= 15 is 0 Å². The van der Waals surface area contributed by atoms with Gasteiger partial charge in [0.25, 0.3) is 0 Å². The van der Waals surface area contributed by atoms with Gasteiger partial charge in [-0.3, -0.25) is 4.98 Å². The first-order valence-corrected chi connectivity index (χ1v) is 8.29. The van der Waals surface area contributed by atoms with Crippen molar-refractivity contribution in [1.29, 1.82) is 0 Å². The molecule has 120 valence electrons. The molecular formula is C17H25N3O2. The SMILES string of the molecule is C[C@H](NC(=O)N[C@@H]1CCOC2(CCCC2)C1)c1ccccn1. The predicted molar refractivity (Wildman–Crippen MR) is 84.5 cm³/mol. The van der Waals surface area contributed by atoms with E-state index in [1.165, 1.54) is 12.8 Å². The minimum Gasteiger partial charge on any atom is -0.375 e. The minimum absolute atomic E-state index is 0.0306. The van der Waals surface area contributed by atoms with Crippen LogP contribution in [0, 0.1) is 0 Å². The molecule has 1 spiro atoms. The molecule has 2 N–H and O–H groups in total. The van der Waals surface area contributed by atoms with Crippen molar-refractivity contribution in [3.8, 4) is 0 Å². The zero-order valence-corrected chi connectivity index (χ0v) is 13.2. The number of hydrogen-bond donors (Lipinski definition) is 2. The monoisotopic (exact) mass is 303 g/mol. The lowest BCUT2D eigenvalue weighted by Gasteiger charge is -2.38. The molecule has 2 amide bonds. The first-order valence-electron chi connectivity index (χ1n) is 8.29. The number of rotatable bonds is 3. The van der Waals surface area contributed by atoms with E-state index in [2.05, 4.69) is 15.6 Å². The van der Waals surface area contributed by atoms with Crippen molar-refractivity contribution in [1.82, 2.24) is 15.6 Å². The van der Waals surface area contributed by atoms with Gasteiger partial charge in [0.1, 0.15) is 0 Å². The number of carbonyl (C=O) groups excluding carboxylic acids is 1. The first kappa shape index (κ1) is 15.3. The lowest BCUT2D eigenvalue weighted by atomic mass is 9.89. The zero-order chi connectivity index (χ0) is 15.4. The van der Waals surface area contributed by atoms with Crippen molar-refractivity contribution < 1.29 is 9.53 Å². The molecule has 0 bridgehead atoms. The molecule has 1 aromatic heterocycles. The molecule has 2 fully saturated rings. The number of hydrogen-bond acceptors (Lipinski definition) is 3. The summed E-state index contributed by atoms with van der Waals surface area (Å²) in [7, 11) is 0. The number of nitrogens with zero attached hydrogens (tertiary/aromatic N) is 1. The molecule has 0 unspecified atom stereocenters. The number of pyridine rings is 1. The molecule has 1 aliphatic heterocycles. The molecule has 22 heavy (non-hydrogen) atoms. The summed E-state index contributed by atoms with van der Waals surface area (Å²) in [6.45, 7) is 2.70. The van der Waals surface area contributed by atoms with Gasteiger partial charge in [-0.05, 0) is 44.7 Å². The van der Waals surface area contributed by atoms with E-state index < -0.39 is 0 Å². The quantitative estimate of drug-likeness (QED) is 0.902. The molecule has 1 saturated carbocycles. The fourth-order valence-electron chi connectivity index (χ4n) is 3.65. The van der Waals surface area contributed by atoms with Gasteiger partial charge in [-0.15, -0.1) is 0 Å². The summed E-state index contributed by atoms with van der Waals surface area (Å²) < 4.78 is 6.01. The second kappa shape index (κ2) is 6.65. The van der Waals surface area contributed by atoms with Crippen LogP contribution in [0.3, 0.4) is 0 Å². The molecule has 2 heterocycles. The molecule has 2 aliphatic rings. The summed E-state index contributed by atoms with van der Waals surface area (Å²) in [5.74, 6) is 0. The smallest absolute Gasteiger partial charge is 0.315 e. The maximum Gasteiger partial charge on any atom is 0.315 e. The molecule has 3 rings (SSSR count). The van der Waals surface area contributed by atoms with Crippen LogP contribution in [0.4, 0.5) is 4.79 Å². The van der Waals surface area contributed by atoms with Crippen LogP contribution in [0.2, 0.25) is 0 Å². The highest BCUT2D eigenvalue weighted by molar-refractivity contribution is 5.74. The third-order valence-electron chi connectivity index (χ3n) is 4.82. The van der Waals surface area contributed by atoms with Crippen molar-refractivity contribution in [2.45, 2.75) is 63.1 Å². The fourth-order valence-corrected chi connectivity index (χ4v) is 3.65. The molecular weight excluding hydrogens is 278 g/mol. The van der Waals surface area contributed by atoms with Gasteiger partial charge in [0, 0.05) is 18.8 Å². The molecule has 5 heteroatoms. The van der Waals surface area contributed by atoms with Gasteiger partial charge in [0.05, 0.1) is 17.3 Å². The second-order valence-electron chi connectivity index (χ2n) is 6.52. The highest BCUT2D eigenvalue weighted by Crippen LogP contribution is 2.39. The van der Waals surface area contributed by atoms with Crippen molar-refractivity contribution in [3.63, 3.8) is 0 Å². The Morgan fingerprint density at radius 2 is 2.23 bits per heavy atom. The predicted octanol–water partition coefficient (Wildman–Crippen LogP) is 2.93. The van der Waals surface area contributed by atoms with E-state index in [9.17, 15) is 4.79 Å². The lowest BCUT2D eigenvalue weighted by Crippen LogP contribution is -2.50. The van der Waals surface area contributed by atoms with Crippen molar-refractivity contribution in [3.05, 3.63) is 30.1 Å². The maximum absolute atomic E-state index is 12.2. The summed E-state index contributed by atoms with van der Waals surface area (Å²) in [6, 6.07) is 5.73. The van der Waals surface area contributed by atoms with Crippen molar-refractivity contribution in [2.75, 3.05) is 6.61 Å². The Hall–Kier alpha value is -1.62. The van der Waals surface area contributed by atoms with Crippen LogP contribution in [0.15, 0.2) is 24.4 Å². The average molecular weight is 303 g/mol. The van der Waals surface area contributed by atoms with Gasteiger partial charge in [-0.1, -0.05) is 18.9 Å². The van der Waals surface area contributed by atoms with Gasteiger partial charge in [-0.2, -0.15) is 0 Å². The Kier molecular flexibility index (Phi) is 4.62. The van der Waals surface area contributed by atoms with Crippen LogP contribution in [-0.2, 0) is 4.74 Å². The van der Waals surface area contributed by atoms with Crippen LogP contribution < -0.4 is 10.6 Å². The Bertz CT molecular complexity index is 500. The van der Waals surface area contributed by atoms with Crippen molar-refractivity contribution in [2.24, 2.45) is 0 Å². The Labute approximate surface area is 131 Å². The van der Waals surface area contributed by atoms with Crippen LogP contribution in [-0.4, -0.2) is 29.3 Å². The molecule has 1 aromatic rings. The van der Waals surface area contributed by atoms with Gasteiger partial charge >= 0.3 is 6.03 Å². The molecule has 1 aliphatic carbocycles.